The normalized spacial score (nSPS) is 12.7. The van der Waals surface area contributed by atoms with Gasteiger partial charge in [-0.1, -0.05) is 5.16 Å². The van der Waals surface area contributed by atoms with Crippen LogP contribution in [-0.4, -0.2) is 17.1 Å². The number of carbonyl (C=O) groups is 1. The zero-order valence-electron chi connectivity index (χ0n) is 10.3. The van der Waals surface area contributed by atoms with E-state index in [-0.39, 0.29) is 11.4 Å². The van der Waals surface area contributed by atoms with Crippen molar-refractivity contribution in [2.24, 2.45) is 5.16 Å². The lowest BCUT2D eigenvalue weighted by molar-refractivity contribution is 0.000984. The van der Waals surface area contributed by atoms with Crippen molar-refractivity contribution >= 4 is 22.8 Å². The molecule has 0 aromatic carbocycles. The van der Waals surface area contributed by atoms with Crippen molar-refractivity contribution in [3.05, 3.63) is 21.9 Å². The van der Waals surface area contributed by atoms with E-state index >= 15 is 0 Å². The Labute approximate surface area is 100 Å². The number of nitrogens with zero attached hydrogens (tertiary/aromatic N) is 1. The predicted molar refractivity (Wildman–Crippen MR) is 67.4 cm³/mol. The molecule has 0 N–H and O–H groups in total. The number of hydrogen-bond acceptors (Lipinski definition) is 4. The number of carbonyl (C=O) groups excluding carboxylic acids is 1. The third-order valence-electron chi connectivity index (χ3n) is 1.77. The second-order valence-corrected chi connectivity index (χ2v) is 5.68. The van der Waals surface area contributed by atoms with Crippen LogP contribution in [-0.2, 0) is 4.84 Å². The van der Waals surface area contributed by atoms with E-state index < -0.39 is 0 Å². The van der Waals surface area contributed by atoms with Gasteiger partial charge >= 0.3 is 0 Å². The van der Waals surface area contributed by atoms with Crippen LogP contribution < -0.4 is 0 Å². The van der Waals surface area contributed by atoms with Gasteiger partial charge in [-0.2, -0.15) is 0 Å². The summed E-state index contributed by atoms with van der Waals surface area (Å²) in [5.41, 5.74) is 0.509. The Hall–Kier alpha value is -1.16. The first kappa shape index (κ1) is 12.9. The van der Waals surface area contributed by atoms with E-state index in [1.165, 1.54) is 11.3 Å². The van der Waals surface area contributed by atoms with Crippen molar-refractivity contribution in [3.8, 4) is 0 Å². The molecule has 1 heterocycles. The fourth-order valence-electron chi connectivity index (χ4n) is 0.972. The van der Waals surface area contributed by atoms with Crippen LogP contribution in [0.5, 0.6) is 0 Å². The van der Waals surface area contributed by atoms with Crippen LogP contribution in [0.25, 0.3) is 0 Å². The van der Waals surface area contributed by atoms with E-state index in [0.717, 1.165) is 15.5 Å². The Morgan fingerprint density at radius 1 is 1.25 bits per heavy atom. The van der Waals surface area contributed by atoms with Gasteiger partial charge in [-0.3, -0.25) is 4.79 Å². The monoisotopic (exact) mass is 239 g/mol. The summed E-state index contributed by atoms with van der Waals surface area (Å²) in [4.78, 5) is 18.2. The molecule has 0 saturated carbocycles. The number of ketones is 1. The Kier molecular flexibility index (Phi) is 3.86. The summed E-state index contributed by atoms with van der Waals surface area (Å²) in [6.07, 6.45) is 0. The van der Waals surface area contributed by atoms with Gasteiger partial charge in [0, 0.05) is 0 Å². The lowest BCUT2D eigenvalue weighted by Gasteiger charge is -2.15. The highest BCUT2D eigenvalue weighted by Crippen LogP contribution is 2.18. The lowest BCUT2D eigenvalue weighted by atomic mass is 10.2. The van der Waals surface area contributed by atoms with Gasteiger partial charge < -0.3 is 4.84 Å². The summed E-state index contributed by atoms with van der Waals surface area (Å²) in [5, 5.41) is 4.05. The maximum atomic E-state index is 11.1. The lowest BCUT2D eigenvalue weighted by Crippen LogP contribution is -2.16. The van der Waals surface area contributed by atoms with Gasteiger partial charge in [-0.15, -0.1) is 11.3 Å². The first-order chi connectivity index (χ1) is 7.29. The largest absolute Gasteiger partial charge is 0.390 e. The number of rotatable bonds is 3. The summed E-state index contributed by atoms with van der Waals surface area (Å²) in [5.74, 6) is 0.0841. The van der Waals surface area contributed by atoms with Crippen LogP contribution in [0.2, 0.25) is 0 Å². The molecule has 0 radical (unpaired) electrons. The summed E-state index contributed by atoms with van der Waals surface area (Å²) < 4.78 is 0. The van der Waals surface area contributed by atoms with E-state index in [1.54, 1.807) is 6.92 Å². The zero-order chi connectivity index (χ0) is 12.3. The number of Topliss-reactive ketones (excluding diaryl/α,β-unsaturated/α-hetero) is 1. The molecule has 0 fully saturated rings. The zero-order valence-corrected chi connectivity index (χ0v) is 11.1. The van der Waals surface area contributed by atoms with Gasteiger partial charge in [-0.05, 0) is 46.8 Å². The highest BCUT2D eigenvalue weighted by molar-refractivity contribution is 7.16. The van der Waals surface area contributed by atoms with Crippen LogP contribution in [0.3, 0.4) is 0 Å². The molecule has 0 aliphatic rings. The number of hydrogen-bond donors (Lipinski definition) is 0. The minimum atomic E-state index is -0.290. The molecule has 1 aromatic rings. The van der Waals surface area contributed by atoms with Crippen LogP contribution in [0.4, 0.5) is 0 Å². The van der Waals surface area contributed by atoms with Crippen molar-refractivity contribution in [1.29, 1.82) is 0 Å². The van der Waals surface area contributed by atoms with E-state index in [2.05, 4.69) is 5.16 Å². The summed E-state index contributed by atoms with van der Waals surface area (Å²) >= 11 is 1.44. The molecule has 16 heavy (non-hydrogen) atoms. The third-order valence-corrected chi connectivity index (χ3v) is 3.06. The van der Waals surface area contributed by atoms with Crippen LogP contribution >= 0.6 is 11.3 Å². The molecule has 0 saturated heterocycles. The van der Waals surface area contributed by atoms with Crippen molar-refractivity contribution in [1.82, 2.24) is 0 Å². The quantitative estimate of drug-likeness (QED) is 0.460. The predicted octanol–water partition coefficient (Wildman–Crippen LogP) is 3.49. The Bertz CT molecular complexity index is 413. The van der Waals surface area contributed by atoms with Gasteiger partial charge in [0.25, 0.3) is 0 Å². The van der Waals surface area contributed by atoms with Gasteiger partial charge in [0.2, 0.25) is 0 Å². The van der Waals surface area contributed by atoms with Crippen molar-refractivity contribution in [2.45, 2.75) is 40.2 Å². The number of oxime groups is 1. The molecule has 0 amide bonds. The topological polar surface area (TPSA) is 38.7 Å². The number of thiophene rings is 1. The molecular weight excluding hydrogens is 222 g/mol. The highest BCUT2D eigenvalue weighted by atomic mass is 32.1. The molecule has 0 spiro atoms. The highest BCUT2D eigenvalue weighted by Gasteiger charge is 2.12. The maximum Gasteiger partial charge on any atom is 0.169 e. The molecule has 4 heteroatoms. The average Bonchev–Trinajstić information content (AvgIpc) is 2.61. The SMILES string of the molecule is CC(=O)c1ccc(C(C)=NOC(C)(C)C)s1. The fraction of sp³-hybridized carbons (Fsp3) is 0.500. The van der Waals surface area contributed by atoms with Gasteiger partial charge in [-0.25, -0.2) is 0 Å². The van der Waals surface area contributed by atoms with Crippen LogP contribution in [0.1, 0.15) is 49.2 Å². The minimum Gasteiger partial charge on any atom is -0.390 e. The maximum absolute atomic E-state index is 11.1. The first-order valence-corrected chi connectivity index (χ1v) is 5.95. The van der Waals surface area contributed by atoms with Crippen molar-refractivity contribution in [3.63, 3.8) is 0 Å². The second kappa shape index (κ2) is 4.78. The molecule has 0 aliphatic carbocycles. The molecule has 0 bridgehead atoms. The molecule has 0 aliphatic heterocycles. The summed E-state index contributed by atoms with van der Waals surface area (Å²) in [6, 6.07) is 3.71. The Morgan fingerprint density at radius 3 is 2.25 bits per heavy atom. The standard InChI is InChI=1S/C12H17NO2S/c1-8(13-15-12(3,4)5)10-6-7-11(16-10)9(2)14/h6-7H,1-5H3. The molecule has 3 nitrogen and oxygen atoms in total. The minimum absolute atomic E-state index is 0.0841. The van der Waals surface area contributed by atoms with E-state index in [9.17, 15) is 4.79 Å². The molecule has 88 valence electrons. The third kappa shape index (κ3) is 3.77. The van der Waals surface area contributed by atoms with Crippen LogP contribution in [0, 0.1) is 0 Å². The molecule has 1 aromatic heterocycles. The van der Waals surface area contributed by atoms with Gasteiger partial charge in [0.05, 0.1) is 15.5 Å². The van der Waals surface area contributed by atoms with Crippen molar-refractivity contribution in [2.75, 3.05) is 0 Å². The van der Waals surface area contributed by atoms with E-state index in [1.807, 2.05) is 39.8 Å². The average molecular weight is 239 g/mol. The summed E-state index contributed by atoms with van der Waals surface area (Å²) in [7, 11) is 0. The van der Waals surface area contributed by atoms with Crippen LogP contribution in [0.15, 0.2) is 17.3 Å². The van der Waals surface area contributed by atoms with E-state index in [0.29, 0.717) is 0 Å². The molecule has 0 atom stereocenters. The summed E-state index contributed by atoms with van der Waals surface area (Å²) in [6.45, 7) is 9.27. The van der Waals surface area contributed by atoms with Crippen molar-refractivity contribution < 1.29 is 9.63 Å². The molecule has 1 rings (SSSR count). The smallest absolute Gasteiger partial charge is 0.169 e. The molecular formula is C12H17NO2S. The van der Waals surface area contributed by atoms with Gasteiger partial charge in [0.1, 0.15) is 5.60 Å². The Morgan fingerprint density at radius 2 is 1.81 bits per heavy atom. The fourth-order valence-corrected chi connectivity index (χ4v) is 1.81. The molecule has 0 unspecified atom stereocenters. The van der Waals surface area contributed by atoms with Gasteiger partial charge in [0.15, 0.2) is 5.78 Å². The second-order valence-electron chi connectivity index (χ2n) is 4.60. The first-order valence-electron chi connectivity index (χ1n) is 5.13. The van der Waals surface area contributed by atoms with E-state index in [4.69, 9.17) is 4.84 Å². The Balaban J connectivity index is 2.80.